The molecule has 9 nitrogen and oxygen atoms in total. The molecule has 0 atom stereocenters. The van der Waals surface area contributed by atoms with Gasteiger partial charge in [0.25, 0.3) is 11.5 Å². The number of carbonyl (C=O) groups excluding carboxylic acids is 1. The van der Waals surface area contributed by atoms with Gasteiger partial charge in [-0.25, -0.2) is 5.43 Å². The van der Waals surface area contributed by atoms with Gasteiger partial charge in [0.05, 0.1) is 33.1 Å². The Hall–Kier alpha value is -4.01. The fourth-order valence-corrected chi connectivity index (χ4v) is 3.88. The average molecular weight is 482 g/mol. The van der Waals surface area contributed by atoms with Gasteiger partial charge >= 0.3 is 0 Å². The highest BCUT2D eigenvalue weighted by Crippen LogP contribution is 2.33. The number of benzene rings is 2. The standard InChI is InChI=1S/C26H31N3O6/c1-5-6-7-10-13-29-19-12-9-8-11-18(19)24(30)23(26(29)32)25(31)28-27-16-17-14-21(34-3)22(35-4)15-20(17)33-2/h8-9,11-12,14-16,30H,5-7,10,13H2,1-4H3,(H,28,31)/b27-16-. The number of methoxy groups -OCH3 is 3. The van der Waals surface area contributed by atoms with Crippen molar-refractivity contribution in [1.29, 1.82) is 0 Å². The quantitative estimate of drug-likeness (QED) is 0.243. The molecule has 2 N–H and O–H groups in total. The van der Waals surface area contributed by atoms with Gasteiger partial charge in [-0.15, -0.1) is 0 Å². The third kappa shape index (κ3) is 5.56. The molecule has 2 aromatic carbocycles. The number of unbranched alkanes of at least 4 members (excludes halogenated alkanes) is 3. The molecular formula is C26H31N3O6. The number of nitrogens with one attached hydrogen (secondary N) is 1. The van der Waals surface area contributed by atoms with Crippen LogP contribution in [0.25, 0.3) is 10.9 Å². The molecule has 0 radical (unpaired) electrons. The van der Waals surface area contributed by atoms with Crippen molar-refractivity contribution in [2.75, 3.05) is 21.3 Å². The van der Waals surface area contributed by atoms with Crippen molar-refractivity contribution in [3.05, 3.63) is 57.9 Å². The number of aromatic hydroxyl groups is 1. The fourth-order valence-electron chi connectivity index (χ4n) is 3.88. The molecule has 35 heavy (non-hydrogen) atoms. The highest BCUT2D eigenvalue weighted by molar-refractivity contribution is 6.02. The first-order chi connectivity index (χ1) is 17.0. The van der Waals surface area contributed by atoms with Crippen LogP contribution < -0.4 is 25.2 Å². The van der Waals surface area contributed by atoms with Gasteiger partial charge in [-0.05, 0) is 24.6 Å². The molecule has 186 valence electrons. The van der Waals surface area contributed by atoms with Crippen LogP contribution in [-0.2, 0) is 6.54 Å². The number of pyridine rings is 1. The number of hydrogen-bond acceptors (Lipinski definition) is 7. The molecule has 9 heteroatoms. The third-order valence-electron chi connectivity index (χ3n) is 5.71. The fraction of sp³-hybridized carbons (Fsp3) is 0.346. The van der Waals surface area contributed by atoms with Crippen molar-refractivity contribution in [2.24, 2.45) is 5.10 Å². The molecule has 0 aliphatic rings. The van der Waals surface area contributed by atoms with Crippen LogP contribution >= 0.6 is 0 Å². The second-order valence-electron chi connectivity index (χ2n) is 7.91. The predicted molar refractivity (Wildman–Crippen MR) is 135 cm³/mol. The number of rotatable bonds is 11. The van der Waals surface area contributed by atoms with Crippen molar-refractivity contribution in [3.63, 3.8) is 0 Å². The summed E-state index contributed by atoms with van der Waals surface area (Å²) in [5.41, 5.74) is 2.53. The summed E-state index contributed by atoms with van der Waals surface area (Å²) in [4.78, 5) is 26.2. The summed E-state index contributed by atoms with van der Waals surface area (Å²) in [7, 11) is 4.51. The van der Waals surface area contributed by atoms with Crippen LogP contribution in [0.3, 0.4) is 0 Å². The summed E-state index contributed by atoms with van der Waals surface area (Å²) in [6.07, 6.45) is 5.26. The van der Waals surface area contributed by atoms with Crippen LogP contribution in [0.5, 0.6) is 23.0 Å². The summed E-state index contributed by atoms with van der Waals surface area (Å²) in [6, 6.07) is 10.3. The van der Waals surface area contributed by atoms with Crippen LogP contribution in [0.2, 0.25) is 0 Å². The van der Waals surface area contributed by atoms with Crippen LogP contribution in [-0.4, -0.2) is 43.1 Å². The molecule has 1 aromatic heterocycles. The minimum atomic E-state index is -0.809. The van der Waals surface area contributed by atoms with Crippen LogP contribution in [0.15, 0.2) is 46.3 Å². The van der Waals surface area contributed by atoms with Gasteiger partial charge in [-0.2, -0.15) is 5.10 Å². The highest BCUT2D eigenvalue weighted by atomic mass is 16.5. The Balaban J connectivity index is 1.93. The maximum Gasteiger partial charge on any atom is 0.280 e. The van der Waals surface area contributed by atoms with Gasteiger partial charge in [0.1, 0.15) is 17.1 Å². The number of nitrogens with zero attached hydrogens (tertiary/aromatic N) is 2. The minimum Gasteiger partial charge on any atom is -0.506 e. The lowest BCUT2D eigenvalue weighted by molar-refractivity contribution is 0.0950. The normalized spacial score (nSPS) is 11.1. The average Bonchev–Trinajstić information content (AvgIpc) is 2.87. The molecule has 0 bridgehead atoms. The SMILES string of the molecule is CCCCCCn1c(=O)c(C(=O)N/N=C\c2cc(OC)c(OC)cc2OC)c(O)c2ccccc21. The number of hydrazone groups is 1. The maximum atomic E-state index is 13.2. The molecule has 0 spiro atoms. The van der Waals surface area contributed by atoms with Gasteiger partial charge < -0.3 is 23.9 Å². The van der Waals surface area contributed by atoms with Gasteiger partial charge in [0.2, 0.25) is 0 Å². The van der Waals surface area contributed by atoms with Gasteiger partial charge in [-0.1, -0.05) is 38.3 Å². The molecule has 0 aliphatic carbocycles. The molecule has 3 aromatic rings. The van der Waals surface area contributed by atoms with Crippen molar-refractivity contribution < 1.29 is 24.1 Å². The Morgan fingerprint density at radius 1 is 1.03 bits per heavy atom. The van der Waals surface area contributed by atoms with Crippen LogP contribution in [0.1, 0.15) is 48.5 Å². The number of aryl methyl sites for hydroxylation is 1. The van der Waals surface area contributed by atoms with Crippen molar-refractivity contribution >= 4 is 23.0 Å². The van der Waals surface area contributed by atoms with Crippen molar-refractivity contribution in [3.8, 4) is 23.0 Å². The van der Waals surface area contributed by atoms with Gasteiger partial charge in [0, 0.05) is 23.6 Å². The number of ether oxygens (including phenoxy) is 3. The van der Waals surface area contributed by atoms with E-state index in [1.54, 1.807) is 41.0 Å². The summed E-state index contributed by atoms with van der Waals surface area (Å²) >= 11 is 0. The Kier molecular flexibility index (Phi) is 8.72. The Morgan fingerprint density at radius 3 is 2.40 bits per heavy atom. The Morgan fingerprint density at radius 2 is 1.71 bits per heavy atom. The second kappa shape index (κ2) is 11.9. The van der Waals surface area contributed by atoms with E-state index in [-0.39, 0.29) is 11.3 Å². The summed E-state index contributed by atoms with van der Waals surface area (Å²) in [5.74, 6) is 0.206. The number of fused-ring (bicyclic) bond motifs is 1. The number of carbonyl (C=O) groups is 1. The van der Waals surface area contributed by atoms with E-state index >= 15 is 0 Å². The molecule has 0 saturated heterocycles. The topological polar surface area (TPSA) is 111 Å². The first-order valence-corrected chi connectivity index (χ1v) is 11.4. The lowest BCUT2D eigenvalue weighted by atomic mass is 10.1. The Bertz CT molecular complexity index is 1280. The van der Waals surface area contributed by atoms with E-state index in [2.05, 4.69) is 17.5 Å². The Labute approximate surface area is 203 Å². The number of para-hydroxylation sites is 1. The lowest BCUT2D eigenvalue weighted by Gasteiger charge is -2.14. The summed E-state index contributed by atoms with van der Waals surface area (Å²) in [6.45, 7) is 2.56. The molecule has 1 heterocycles. The summed E-state index contributed by atoms with van der Waals surface area (Å²) in [5, 5.41) is 15.2. The van der Waals surface area contributed by atoms with E-state index in [4.69, 9.17) is 14.2 Å². The smallest absolute Gasteiger partial charge is 0.280 e. The molecule has 0 unspecified atom stereocenters. The molecule has 0 saturated carbocycles. The molecule has 1 amide bonds. The number of aromatic nitrogens is 1. The second-order valence-corrected chi connectivity index (χ2v) is 7.91. The largest absolute Gasteiger partial charge is 0.506 e. The summed E-state index contributed by atoms with van der Waals surface area (Å²) < 4.78 is 17.5. The first-order valence-electron chi connectivity index (χ1n) is 11.4. The maximum absolute atomic E-state index is 13.2. The predicted octanol–water partition coefficient (Wildman–Crippen LogP) is 4.08. The van der Waals surface area contributed by atoms with E-state index in [0.29, 0.717) is 40.3 Å². The monoisotopic (exact) mass is 481 g/mol. The third-order valence-corrected chi connectivity index (χ3v) is 5.71. The highest BCUT2D eigenvalue weighted by Gasteiger charge is 2.22. The number of hydrogen-bond donors (Lipinski definition) is 2. The van der Waals surface area contributed by atoms with Crippen molar-refractivity contribution in [1.82, 2.24) is 9.99 Å². The molecule has 0 aliphatic heterocycles. The van der Waals surface area contributed by atoms with Crippen LogP contribution in [0.4, 0.5) is 0 Å². The van der Waals surface area contributed by atoms with E-state index in [1.165, 1.54) is 27.5 Å². The van der Waals surface area contributed by atoms with E-state index in [0.717, 1.165) is 25.7 Å². The zero-order valence-electron chi connectivity index (χ0n) is 20.5. The lowest BCUT2D eigenvalue weighted by Crippen LogP contribution is -2.31. The van der Waals surface area contributed by atoms with E-state index in [1.807, 2.05) is 0 Å². The zero-order valence-corrected chi connectivity index (χ0v) is 20.5. The van der Waals surface area contributed by atoms with Gasteiger partial charge in [-0.3, -0.25) is 9.59 Å². The van der Waals surface area contributed by atoms with Crippen molar-refractivity contribution in [2.45, 2.75) is 39.2 Å². The molecular weight excluding hydrogens is 450 g/mol. The minimum absolute atomic E-state index is 0.351. The van der Waals surface area contributed by atoms with Crippen LogP contribution in [0, 0.1) is 0 Å². The van der Waals surface area contributed by atoms with E-state index in [9.17, 15) is 14.7 Å². The number of amides is 1. The van der Waals surface area contributed by atoms with E-state index < -0.39 is 11.5 Å². The zero-order chi connectivity index (χ0) is 25.4. The van der Waals surface area contributed by atoms with Gasteiger partial charge in [0.15, 0.2) is 11.5 Å². The molecule has 0 fully saturated rings. The molecule has 3 rings (SSSR count). The first kappa shape index (κ1) is 25.6.